The number of nitrogens with two attached hydrogens (primary N) is 1. The summed E-state index contributed by atoms with van der Waals surface area (Å²) in [6.45, 7) is -0.652. The Morgan fingerprint density at radius 2 is 1.67 bits per heavy atom. The van der Waals surface area contributed by atoms with Crippen molar-refractivity contribution in [2.45, 2.75) is 25.7 Å². The maximum Gasteiger partial charge on any atom is 0.390 e. The molecule has 0 aliphatic rings. The number of aromatic nitrogens is 3. The van der Waals surface area contributed by atoms with Crippen molar-refractivity contribution in [3.05, 3.63) is 98.4 Å². The molecule has 1 amide bonds. The fourth-order valence-electron chi connectivity index (χ4n) is 3.78. The van der Waals surface area contributed by atoms with Crippen LogP contribution in [-0.4, -0.2) is 26.4 Å². The van der Waals surface area contributed by atoms with Crippen LogP contribution in [0.1, 0.15) is 22.3 Å². The van der Waals surface area contributed by atoms with Gasteiger partial charge in [-0.05, 0) is 53.6 Å². The molecule has 4 aromatic rings. The highest BCUT2D eigenvalue weighted by atomic mass is 35.5. The van der Waals surface area contributed by atoms with Crippen LogP contribution in [0.2, 0.25) is 10.0 Å². The number of primary amides is 1. The minimum absolute atomic E-state index is 0.0606. The van der Waals surface area contributed by atoms with E-state index in [-0.39, 0.29) is 17.9 Å². The van der Waals surface area contributed by atoms with E-state index in [1.165, 1.54) is 6.07 Å². The van der Waals surface area contributed by atoms with Gasteiger partial charge in [-0.1, -0.05) is 47.5 Å². The number of halogens is 5. The summed E-state index contributed by atoms with van der Waals surface area (Å²) in [5.41, 5.74) is 7.12. The number of carbonyl (C=O) groups excluding carboxylic acids is 1. The van der Waals surface area contributed by atoms with E-state index in [4.69, 9.17) is 28.9 Å². The Morgan fingerprint density at radius 1 is 0.972 bits per heavy atom. The largest absolute Gasteiger partial charge is 0.390 e. The fraction of sp³-hybridized carbons (Fsp3) is 0.160. The molecule has 6 nitrogen and oxygen atoms in total. The lowest BCUT2D eigenvalue weighted by atomic mass is 9.96. The molecule has 4 rings (SSSR count). The topological polar surface area (TPSA) is 82.9 Å². The van der Waals surface area contributed by atoms with Crippen molar-refractivity contribution in [2.24, 2.45) is 5.73 Å². The lowest BCUT2D eigenvalue weighted by molar-refractivity contribution is -0.136. The van der Waals surface area contributed by atoms with Crippen molar-refractivity contribution in [3.8, 4) is 22.5 Å². The number of nitrogens with zero attached hydrogens (tertiary/aromatic N) is 3. The van der Waals surface area contributed by atoms with Crippen LogP contribution in [0.15, 0.2) is 71.5 Å². The van der Waals surface area contributed by atoms with Gasteiger partial charge in [0, 0.05) is 33.3 Å². The summed E-state index contributed by atoms with van der Waals surface area (Å²) in [6, 6.07) is 17.9. The molecule has 0 atom stereocenters. The van der Waals surface area contributed by atoms with Crippen molar-refractivity contribution in [2.75, 3.05) is 0 Å². The van der Waals surface area contributed by atoms with Crippen LogP contribution < -0.4 is 11.4 Å². The smallest absolute Gasteiger partial charge is 0.366 e. The van der Waals surface area contributed by atoms with Gasteiger partial charge in [0.05, 0.1) is 13.0 Å². The van der Waals surface area contributed by atoms with Crippen LogP contribution in [0.5, 0.6) is 0 Å². The molecule has 2 N–H and O–H groups in total. The van der Waals surface area contributed by atoms with Crippen molar-refractivity contribution in [3.63, 3.8) is 0 Å². The first-order valence-electron chi connectivity index (χ1n) is 10.7. The normalized spacial score (nSPS) is 11.6. The zero-order valence-corrected chi connectivity index (χ0v) is 20.1. The Morgan fingerprint density at radius 3 is 2.31 bits per heavy atom. The van der Waals surface area contributed by atoms with Crippen LogP contribution in [0.4, 0.5) is 13.2 Å². The Hall–Kier alpha value is -3.56. The molecular weight excluding hydrogens is 516 g/mol. The molecule has 0 spiro atoms. The molecule has 0 unspecified atom stereocenters. The van der Waals surface area contributed by atoms with Gasteiger partial charge in [-0.15, -0.1) is 5.10 Å². The van der Waals surface area contributed by atoms with Crippen LogP contribution >= 0.6 is 23.2 Å². The zero-order valence-electron chi connectivity index (χ0n) is 18.6. The summed E-state index contributed by atoms with van der Waals surface area (Å²) in [5.74, 6) is -0.573. The number of hydrogen-bond donors (Lipinski definition) is 1. The van der Waals surface area contributed by atoms with Crippen molar-refractivity contribution < 1.29 is 18.0 Å². The molecule has 0 saturated carbocycles. The van der Waals surface area contributed by atoms with E-state index in [1.807, 2.05) is 0 Å². The summed E-state index contributed by atoms with van der Waals surface area (Å²) in [5, 5.41) is 5.16. The van der Waals surface area contributed by atoms with Gasteiger partial charge in [0.2, 0.25) is 5.91 Å². The van der Waals surface area contributed by atoms with Gasteiger partial charge in [0.15, 0.2) is 5.82 Å². The first kappa shape index (κ1) is 25.5. The van der Waals surface area contributed by atoms with E-state index in [0.29, 0.717) is 32.3 Å². The number of rotatable bonds is 7. The van der Waals surface area contributed by atoms with Gasteiger partial charge in [0.1, 0.15) is 0 Å². The van der Waals surface area contributed by atoms with Crippen molar-refractivity contribution in [1.29, 1.82) is 0 Å². The second-order valence-corrected chi connectivity index (χ2v) is 8.86. The first-order chi connectivity index (χ1) is 17.0. The standard InChI is InChI=1S/C25H19Cl2F3N4O2/c26-17-8-6-16(7-9-17)23-32-34(24(36)33(23)12-11-25(28,29)30)14-15-5-10-19(22(31)35)20(13-15)18-3-1-2-4-21(18)27/h1-10,13H,11-12,14H2,(H2,31,35). The highest BCUT2D eigenvalue weighted by molar-refractivity contribution is 6.33. The van der Waals surface area contributed by atoms with Gasteiger partial charge in [-0.3, -0.25) is 9.36 Å². The number of benzene rings is 3. The minimum Gasteiger partial charge on any atom is -0.366 e. The van der Waals surface area contributed by atoms with E-state index in [2.05, 4.69) is 5.10 Å². The highest BCUT2D eigenvalue weighted by Crippen LogP contribution is 2.31. The van der Waals surface area contributed by atoms with Gasteiger partial charge in [-0.2, -0.15) is 13.2 Å². The summed E-state index contributed by atoms with van der Waals surface area (Å²) >= 11 is 12.3. The lowest BCUT2D eigenvalue weighted by Crippen LogP contribution is -2.27. The summed E-state index contributed by atoms with van der Waals surface area (Å²) in [7, 11) is 0. The van der Waals surface area contributed by atoms with Crippen LogP contribution in [0.3, 0.4) is 0 Å². The molecule has 1 heterocycles. The minimum atomic E-state index is -4.45. The van der Waals surface area contributed by atoms with Crippen LogP contribution in [-0.2, 0) is 13.1 Å². The maximum absolute atomic E-state index is 13.1. The van der Waals surface area contributed by atoms with E-state index in [0.717, 1.165) is 9.25 Å². The zero-order chi connectivity index (χ0) is 26.0. The van der Waals surface area contributed by atoms with E-state index >= 15 is 0 Å². The Bertz CT molecular complexity index is 1480. The molecule has 0 bridgehead atoms. The Balaban J connectivity index is 1.78. The van der Waals surface area contributed by atoms with Gasteiger partial charge < -0.3 is 5.73 Å². The number of hydrogen-bond acceptors (Lipinski definition) is 3. The molecule has 3 aromatic carbocycles. The van der Waals surface area contributed by atoms with E-state index in [1.54, 1.807) is 60.7 Å². The average Bonchev–Trinajstić information content (AvgIpc) is 3.13. The molecular formula is C25H19Cl2F3N4O2. The van der Waals surface area contributed by atoms with Crippen molar-refractivity contribution >= 4 is 29.1 Å². The average molecular weight is 535 g/mol. The summed E-state index contributed by atoms with van der Waals surface area (Å²) < 4.78 is 40.9. The van der Waals surface area contributed by atoms with Crippen molar-refractivity contribution in [1.82, 2.24) is 14.3 Å². The number of carbonyl (C=O) groups is 1. The molecule has 1 aromatic heterocycles. The SMILES string of the molecule is NC(=O)c1ccc(Cn2nc(-c3ccc(Cl)cc3)n(CCC(F)(F)F)c2=O)cc1-c1ccccc1Cl. The van der Waals surface area contributed by atoms with Gasteiger partial charge in [0.25, 0.3) is 0 Å². The number of amides is 1. The molecule has 186 valence electrons. The Labute approximate surface area is 213 Å². The monoisotopic (exact) mass is 534 g/mol. The fourth-order valence-corrected chi connectivity index (χ4v) is 4.14. The molecule has 36 heavy (non-hydrogen) atoms. The molecule has 0 saturated heterocycles. The Kier molecular flexibility index (Phi) is 7.23. The second-order valence-electron chi connectivity index (χ2n) is 8.01. The predicted octanol–water partition coefficient (Wildman–Crippen LogP) is 5.79. The third-order valence-corrected chi connectivity index (χ3v) is 6.07. The predicted molar refractivity (Wildman–Crippen MR) is 132 cm³/mol. The molecule has 0 radical (unpaired) electrons. The third-order valence-electron chi connectivity index (χ3n) is 5.49. The summed E-state index contributed by atoms with van der Waals surface area (Å²) in [4.78, 5) is 25.1. The molecule has 0 fully saturated rings. The van der Waals surface area contributed by atoms with E-state index < -0.39 is 30.7 Å². The third kappa shape index (κ3) is 5.63. The summed E-state index contributed by atoms with van der Waals surface area (Å²) in [6.07, 6.45) is -5.64. The molecule has 0 aliphatic carbocycles. The van der Waals surface area contributed by atoms with E-state index in [9.17, 15) is 22.8 Å². The van der Waals surface area contributed by atoms with Gasteiger partial charge >= 0.3 is 11.9 Å². The lowest BCUT2D eigenvalue weighted by Gasteiger charge is -2.11. The van der Waals surface area contributed by atoms with Crippen LogP contribution in [0, 0.1) is 0 Å². The first-order valence-corrected chi connectivity index (χ1v) is 11.5. The quantitative estimate of drug-likeness (QED) is 0.326. The maximum atomic E-state index is 13.1. The van der Waals surface area contributed by atoms with Crippen LogP contribution in [0.25, 0.3) is 22.5 Å². The second kappa shape index (κ2) is 10.2. The highest BCUT2D eigenvalue weighted by Gasteiger charge is 2.28. The molecule has 0 aliphatic heterocycles. The molecule has 11 heteroatoms. The van der Waals surface area contributed by atoms with Gasteiger partial charge in [-0.25, -0.2) is 9.48 Å². The number of alkyl halides is 3.